The first-order valence-electron chi connectivity index (χ1n) is 12.8. The SMILES string of the molecule is COCCNC(=O)CN1C(=O)CS[C@H](c2cccc(F)c2)c2c(-c3ccccc3)nn(-c3ccc(OC)cc3)c21. The highest BCUT2D eigenvalue weighted by Crippen LogP contribution is 2.48. The summed E-state index contributed by atoms with van der Waals surface area (Å²) in [7, 11) is 3.14. The van der Waals surface area contributed by atoms with Crippen LogP contribution in [0.2, 0.25) is 0 Å². The Labute approximate surface area is 236 Å². The van der Waals surface area contributed by atoms with Crippen LogP contribution in [0, 0.1) is 5.82 Å². The van der Waals surface area contributed by atoms with Gasteiger partial charge >= 0.3 is 0 Å². The zero-order valence-electron chi connectivity index (χ0n) is 22.2. The van der Waals surface area contributed by atoms with E-state index < -0.39 is 5.25 Å². The first kappa shape index (κ1) is 27.4. The number of methoxy groups -OCH3 is 2. The molecule has 0 unspecified atom stereocenters. The summed E-state index contributed by atoms with van der Waals surface area (Å²) in [5, 5.41) is 7.41. The van der Waals surface area contributed by atoms with Gasteiger partial charge in [-0.2, -0.15) is 5.10 Å². The molecule has 1 aliphatic rings. The number of anilines is 1. The number of hydrogen-bond acceptors (Lipinski definition) is 6. The molecule has 1 atom stereocenters. The second-order valence-electron chi connectivity index (χ2n) is 9.13. The molecule has 0 spiro atoms. The van der Waals surface area contributed by atoms with Crippen molar-refractivity contribution in [3.63, 3.8) is 0 Å². The first-order chi connectivity index (χ1) is 19.5. The van der Waals surface area contributed by atoms with E-state index in [1.54, 1.807) is 25.0 Å². The Morgan fingerprint density at radius 2 is 1.85 bits per heavy atom. The van der Waals surface area contributed by atoms with Crippen molar-refractivity contribution in [1.29, 1.82) is 0 Å². The third-order valence-electron chi connectivity index (χ3n) is 6.53. The summed E-state index contributed by atoms with van der Waals surface area (Å²) in [6.45, 7) is 0.463. The van der Waals surface area contributed by atoms with Crippen LogP contribution in [0.5, 0.6) is 5.75 Å². The fourth-order valence-corrected chi connectivity index (χ4v) is 5.84. The second-order valence-corrected chi connectivity index (χ2v) is 10.2. The standard InChI is InChI=1S/C30H29FN4O4S/c1-38-16-15-32-25(36)18-34-26(37)19-40-29(21-9-6-10-22(31)17-21)27-28(20-7-4-3-5-8-20)33-35(30(27)34)23-11-13-24(39-2)14-12-23/h3-14,17,29H,15-16,18-19H2,1-2H3,(H,32,36)/t29-/m1/s1. The van der Waals surface area contributed by atoms with E-state index in [-0.39, 0.29) is 29.9 Å². The summed E-state index contributed by atoms with van der Waals surface area (Å²) >= 11 is 1.39. The number of aromatic nitrogens is 2. The quantitative estimate of drug-likeness (QED) is 0.301. The fourth-order valence-electron chi connectivity index (χ4n) is 4.66. The number of halogens is 1. The lowest BCUT2D eigenvalue weighted by Gasteiger charge is -2.23. The van der Waals surface area contributed by atoms with Gasteiger partial charge in [0.25, 0.3) is 0 Å². The molecule has 1 aliphatic heterocycles. The van der Waals surface area contributed by atoms with Gasteiger partial charge in [0.1, 0.15) is 23.9 Å². The fraction of sp³-hybridized carbons (Fsp3) is 0.233. The monoisotopic (exact) mass is 560 g/mol. The molecule has 0 aliphatic carbocycles. The largest absolute Gasteiger partial charge is 0.497 e. The van der Waals surface area contributed by atoms with E-state index in [4.69, 9.17) is 14.6 Å². The first-order valence-corrected chi connectivity index (χ1v) is 13.8. The van der Waals surface area contributed by atoms with Crippen LogP contribution in [-0.2, 0) is 14.3 Å². The second kappa shape index (κ2) is 12.4. The average Bonchev–Trinajstić information content (AvgIpc) is 3.30. The van der Waals surface area contributed by atoms with E-state index in [9.17, 15) is 14.0 Å². The molecule has 40 heavy (non-hydrogen) atoms. The molecule has 1 N–H and O–H groups in total. The number of carbonyl (C=O) groups excluding carboxylic acids is 2. The van der Waals surface area contributed by atoms with Gasteiger partial charge < -0.3 is 14.8 Å². The lowest BCUT2D eigenvalue weighted by molar-refractivity contribution is -0.123. The third-order valence-corrected chi connectivity index (χ3v) is 7.79. The Kier molecular flexibility index (Phi) is 8.47. The highest BCUT2D eigenvalue weighted by atomic mass is 32.2. The maximum atomic E-state index is 14.5. The zero-order valence-corrected chi connectivity index (χ0v) is 23.0. The topological polar surface area (TPSA) is 85.7 Å². The minimum Gasteiger partial charge on any atom is -0.497 e. The number of nitrogens with zero attached hydrogens (tertiary/aromatic N) is 3. The van der Waals surface area contributed by atoms with Crippen molar-refractivity contribution in [2.24, 2.45) is 0 Å². The van der Waals surface area contributed by atoms with Crippen LogP contribution in [0.4, 0.5) is 10.2 Å². The number of nitrogens with one attached hydrogen (secondary N) is 1. The van der Waals surface area contributed by atoms with Crippen LogP contribution >= 0.6 is 11.8 Å². The molecule has 4 aromatic rings. The van der Waals surface area contributed by atoms with E-state index >= 15 is 0 Å². The molecule has 2 heterocycles. The maximum absolute atomic E-state index is 14.5. The molecule has 2 amide bonds. The Hall–Kier alpha value is -4.15. The molecule has 1 aromatic heterocycles. The molecule has 0 saturated carbocycles. The summed E-state index contributed by atoms with van der Waals surface area (Å²) in [6.07, 6.45) is 0. The van der Waals surface area contributed by atoms with E-state index in [2.05, 4.69) is 5.32 Å². The van der Waals surface area contributed by atoms with E-state index in [0.717, 1.165) is 11.1 Å². The van der Waals surface area contributed by atoms with Crippen molar-refractivity contribution in [1.82, 2.24) is 15.1 Å². The zero-order chi connectivity index (χ0) is 28.1. The minimum atomic E-state index is -0.418. The van der Waals surface area contributed by atoms with E-state index in [1.165, 1.54) is 28.8 Å². The van der Waals surface area contributed by atoms with Gasteiger partial charge in [-0.1, -0.05) is 42.5 Å². The molecular formula is C30H29FN4O4S. The number of hydrogen-bond donors (Lipinski definition) is 1. The van der Waals surface area contributed by atoms with Crippen LogP contribution in [0.25, 0.3) is 16.9 Å². The Morgan fingerprint density at radius 1 is 1.07 bits per heavy atom. The number of carbonyl (C=O) groups is 2. The molecule has 0 saturated heterocycles. The number of fused-ring (bicyclic) bond motifs is 1. The Balaban J connectivity index is 1.74. The van der Waals surface area contributed by atoms with Gasteiger partial charge in [-0.25, -0.2) is 9.07 Å². The van der Waals surface area contributed by atoms with E-state index in [1.807, 2.05) is 60.7 Å². The summed E-state index contributed by atoms with van der Waals surface area (Å²) in [5.41, 5.74) is 3.60. The molecule has 8 nitrogen and oxygen atoms in total. The molecule has 5 rings (SSSR count). The smallest absolute Gasteiger partial charge is 0.240 e. The highest BCUT2D eigenvalue weighted by Gasteiger charge is 2.37. The van der Waals surface area contributed by atoms with Gasteiger partial charge in [-0.05, 0) is 42.0 Å². The summed E-state index contributed by atoms with van der Waals surface area (Å²) in [5.74, 6) is 0.293. The van der Waals surface area contributed by atoms with Crippen LogP contribution in [0.3, 0.4) is 0 Å². The predicted molar refractivity (Wildman–Crippen MR) is 153 cm³/mol. The predicted octanol–water partition coefficient (Wildman–Crippen LogP) is 4.62. The lowest BCUT2D eigenvalue weighted by Crippen LogP contribution is -2.43. The lowest BCUT2D eigenvalue weighted by atomic mass is 9.99. The number of rotatable bonds is 9. The maximum Gasteiger partial charge on any atom is 0.240 e. The van der Waals surface area contributed by atoms with Gasteiger partial charge in [-0.15, -0.1) is 11.8 Å². The number of benzene rings is 3. The molecule has 3 aromatic carbocycles. The van der Waals surface area contributed by atoms with Crippen LogP contribution < -0.4 is 15.0 Å². The van der Waals surface area contributed by atoms with Crippen LogP contribution in [0.15, 0.2) is 78.9 Å². The van der Waals surface area contributed by atoms with Crippen molar-refractivity contribution in [2.75, 3.05) is 44.6 Å². The Bertz CT molecular complexity index is 1490. The van der Waals surface area contributed by atoms with Crippen molar-refractivity contribution >= 4 is 29.4 Å². The number of ether oxygens (including phenoxy) is 2. The summed E-state index contributed by atoms with van der Waals surface area (Å²) in [6, 6.07) is 23.3. The van der Waals surface area contributed by atoms with Gasteiger partial charge in [0, 0.05) is 24.8 Å². The van der Waals surface area contributed by atoms with Crippen LogP contribution in [-0.4, -0.2) is 61.3 Å². The van der Waals surface area contributed by atoms with Crippen molar-refractivity contribution < 1.29 is 23.5 Å². The van der Waals surface area contributed by atoms with Crippen molar-refractivity contribution in [3.05, 3.63) is 95.8 Å². The molecule has 0 radical (unpaired) electrons. The average molecular weight is 561 g/mol. The van der Waals surface area contributed by atoms with E-state index in [0.29, 0.717) is 41.7 Å². The van der Waals surface area contributed by atoms with Crippen molar-refractivity contribution in [3.8, 4) is 22.7 Å². The van der Waals surface area contributed by atoms with Gasteiger partial charge in [0.05, 0.1) is 36.1 Å². The van der Waals surface area contributed by atoms with Crippen LogP contribution in [0.1, 0.15) is 16.4 Å². The number of thioether (sulfide) groups is 1. The highest BCUT2D eigenvalue weighted by molar-refractivity contribution is 8.00. The molecule has 0 bridgehead atoms. The molecule has 206 valence electrons. The molecular weight excluding hydrogens is 531 g/mol. The summed E-state index contributed by atoms with van der Waals surface area (Å²) < 4.78 is 26.5. The molecule has 10 heteroatoms. The van der Waals surface area contributed by atoms with Gasteiger partial charge in [-0.3, -0.25) is 14.5 Å². The normalized spacial score (nSPS) is 14.9. The third kappa shape index (κ3) is 5.73. The minimum absolute atomic E-state index is 0.0953. The van der Waals surface area contributed by atoms with Gasteiger partial charge in [0.2, 0.25) is 11.8 Å². The Morgan fingerprint density at radius 3 is 2.55 bits per heavy atom. The van der Waals surface area contributed by atoms with Gasteiger partial charge in [0.15, 0.2) is 0 Å². The number of amides is 2. The summed E-state index contributed by atoms with van der Waals surface area (Å²) in [4.78, 5) is 28.2. The van der Waals surface area contributed by atoms with Crippen molar-refractivity contribution in [2.45, 2.75) is 5.25 Å². The molecule has 0 fully saturated rings.